The lowest BCUT2D eigenvalue weighted by molar-refractivity contribution is -0.174. The molecular formula is C16H27N3O3. The molecule has 4 fully saturated rings. The molecule has 5 N–H and O–H groups in total. The Hall–Kier alpha value is -0.530. The summed E-state index contributed by atoms with van der Waals surface area (Å²) in [6.45, 7) is 0.0108. The van der Waals surface area contributed by atoms with Crippen LogP contribution >= 0.6 is 0 Å². The maximum Gasteiger partial charge on any atom is 0.159 e. The molecule has 0 aromatic carbocycles. The number of hydrogen-bond donors (Lipinski definition) is 4. The van der Waals surface area contributed by atoms with E-state index < -0.39 is 0 Å². The first-order valence-electron chi connectivity index (χ1n) is 8.75. The summed E-state index contributed by atoms with van der Waals surface area (Å²) in [5.74, 6) is 0.736. The second kappa shape index (κ2) is 5.83. The van der Waals surface area contributed by atoms with E-state index in [0.717, 1.165) is 18.8 Å². The molecule has 3 saturated heterocycles. The van der Waals surface area contributed by atoms with Crippen LogP contribution in [0.5, 0.6) is 0 Å². The highest BCUT2D eigenvalue weighted by atomic mass is 16.5. The Morgan fingerprint density at radius 1 is 1.23 bits per heavy atom. The van der Waals surface area contributed by atoms with Crippen LogP contribution in [0.2, 0.25) is 0 Å². The summed E-state index contributed by atoms with van der Waals surface area (Å²) in [6.07, 6.45) is 5.96. The normalized spacial score (nSPS) is 49.2. The Morgan fingerprint density at radius 3 is 2.73 bits per heavy atom. The Labute approximate surface area is 131 Å². The van der Waals surface area contributed by atoms with Gasteiger partial charge < -0.3 is 20.9 Å². The van der Waals surface area contributed by atoms with Gasteiger partial charge >= 0.3 is 0 Å². The van der Waals surface area contributed by atoms with Crippen molar-refractivity contribution in [3.63, 3.8) is 0 Å². The van der Waals surface area contributed by atoms with Crippen LogP contribution in [-0.4, -0.2) is 48.1 Å². The molecular weight excluding hydrogens is 282 g/mol. The lowest BCUT2D eigenvalue weighted by atomic mass is 9.73. The molecule has 0 spiro atoms. The number of nitrogens with two attached hydrogens (primary N) is 1. The highest BCUT2D eigenvalue weighted by Gasteiger charge is 2.51. The van der Waals surface area contributed by atoms with Crippen LogP contribution in [0, 0.1) is 17.8 Å². The summed E-state index contributed by atoms with van der Waals surface area (Å²) in [6, 6.07) is 0.308. The second-order valence-electron chi connectivity index (χ2n) is 7.49. The van der Waals surface area contributed by atoms with Crippen molar-refractivity contribution in [1.29, 1.82) is 0 Å². The minimum absolute atomic E-state index is 0.0108. The Bertz CT molecular complexity index is 442. The van der Waals surface area contributed by atoms with Gasteiger partial charge in [-0.25, -0.2) is 0 Å². The average Bonchev–Trinajstić information content (AvgIpc) is 2.46. The zero-order valence-corrected chi connectivity index (χ0v) is 12.9. The predicted molar refractivity (Wildman–Crippen MR) is 80.7 cm³/mol. The van der Waals surface area contributed by atoms with Gasteiger partial charge in [0.25, 0.3) is 0 Å². The molecule has 0 bridgehead atoms. The number of fused-ring (bicyclic) bond motifs is 2. The maximum atomic E-state index is 12.9. The molecule has 6 heteroatoms. The standard InChI is InChI=1S/C16H27N3O3/c17-15-9(7-20)6-10-14(21)13-12(22-16(10)19-15)5-4-11(18-13)8-2-1-3-8/h8-13,15-16,18-20H,1-7,17H2. The van der Waals surface area contributed by atoms with Crippen LogP contribution in [-0.2, 0) is 9.53 Å². The van der Waals surface area contributed by atoms with Gasteiger partial charge in [0.2, 0.25) is 0 Å². The molecule has 7 unspecified atom stereocenters. The monoisotopic (exact) mass is 309 g/mol. The fraction of sp³-hybridized carbons (Fsp3) is 0.938. The molecule has 3 heterocycles. The van der Waals surface area contributed by atoms with Crippen LogP contribution in [0.1, 0.15) is 38.5 Å². The summed E-state index contributed by atoms with van der Waals surface area (Å²) in [7, 11) is 0. The summed E-state index contributed by atoms with van der Waals surface area (Å²) >= 11 is 0. The summed E-state index contributed by atoms with van der Waals surface area (Å²) < 4.78 is 6.15. The molecule has 3 aliphatic heterocycles. The van der Waals surface area contributed by atoms with Crippen LogP contribution in [0.4, 0.5) is 0 Å². The van der Waals surface area contributed by atoms with E-state index in [9.17, 15) is 9.90 Å². The van der Waals surface area contributed by atoms with Crippen LogP contribution in [0.25, 0.3) is 0 Å². The molecule has 4 aliphatic rings. The first kappa shape index (κ1) is 15.0. The van der Waals surface area contributed by atoms with Gasteiger partial charge in [0, 0.05) is 18.6 Å². The molecule has 6 nitrogen and oxygen atoms in total. The van der Waals surface area contributed by atoms with Crippen molar-refractivity contribution in [2.75, 3.05) is 6.61 Å². The first-order valence-corrected chi connectivity index (χ1v) is 8.75. The zero-order chi connectivity index (χ0) is 15.3. The number of aliphatic hydroxyl groups is 1. The fourth-order valence-electron chi connectivity index (χ4n) is 4.60. The first-order chi connectivity index (χ1) is 10.7. The fourth-order valence-corrected chi connectivity index (χ4v) is 4.60. The third kappa shape index (κ3) is 2.41. The number of rotatable bonds is 2. The van der Waals surface area contributed by atoms with Crippen molar-refractivity contribution >= 4 is 5.78 Å². The molecule has 22 heavy (non-hydrogen) atoms. The number of hydrogen-bond acceptors (Lipinski definition) is 6. The lowest BCUT2D eigenvalue weighted by Gasteiger charge is -2.51. The molecule has 7 atom stereocenters. The number of ether oxygens (including phenoxy) is 1. The average molecular weight is 309 g/mol. The van der Waals surface area contributed by atoms with E-state index >= 15 is 0 Å². The van der Waals surface area contributed by atoms with Crippen LogP contribution in [0.15, 0.2) is 0 Å². The molecule has 0 amide bonds. The summed E-state index contributed by atoms with van der Waals surface area (Å²) in [5.41, 5.74) is 6.02. The van der Waals surface area contributed by atoms with E-state index in [0.29, 0.717) is 12.5 Å². The van der Waals surface area contributed by atoms with Crippen molar-refractivity contribution < 1.29 is 14.6 Å². The highest BCUT2D eigenvalue weighted by molar-refractivity contribution is 5.88. The molecule has 124 valence electrons. The van der Waals surface area contributed by atoms with Gasteiger partial charge in [-0.1, -0.05) is 6.42 Å². The van der Waals surface area contributed by atoms with Gasteiger partial charge in [-0.15, -0.1) is 0 Å². The van der Waals surface area contributed by atoms with Gasteiger partial charge in [0.15, 0.2) is 5.78 Å². The zero-order valence-electron chi connectivity index (χ0n) is 12.9. The van der Waals surface area contributed by atoms with Crippen molar-refractivity contribution in [2.24, 2.45) is 23.5 Å². The van der Waals surface area contributed by atoms with Crippen LogP contribution < -0.4 is 16.4 Å². The Balaban J connectivity index is 1.47. The molecule has 1 saturated carbocycles. The van der Waals surface area contributed by atoms with Crippen molar-refractivity contribution in [3.8, 4) is 0 Å². The van der Waals surface area contributed by atoms with Crippen molar-refractivity contribution in [1.82, 2.24) is 10.6 Å². The number of carbonyl (C=O) groups excluding carboxylic acids is 1. The summed E-state index contributed by atoms with van der Waals surface area (Å²) in [5, 5.41) is 16.2. The van der Waals surface area contributed by atoms with E-state index in [4.69, 9.17) is 10.5 Å². The number of Topliss-reactive ketones (excluding diaryl/α,β-unsaturated/α-hetero) is 1. The van der Waals surface area contributed by atoms with Crippen LogP contribution in [0.3, 0.4) is 0 Å². The molecule has 0 radical (unpaired) electrons. The van der Waals surface area contributed by atoms with E-state index in [1.807, 2.05) is 0 Å². The topological polar surface area (TPSA) is 96.6 Å². The van der Waals surface area contributed by atoms with Gasteiger partial charge in [-0.05, 0) is 38.0 Å². The highest BCUT2D eigenvalue weighted by Crippen LogP contribution is 2.38. The maximum absolute atomic E-state index is 12.9. The largest absolute Gasteiger partial charge is 0.396 e. The molecule has 1 aliphatic carbocycles. The third-order valence-electron chi connectivity index (χ3n) is 6.26. The van der Waals surface area contributed by atoms with E-state index in [1.54, 1.807) is 0 Å². The Morgan fingerprint density at radius 2 is 2.05 bits per heavy atom. The summed E-state index contributed by atoms with van der Waals surface area (Å²) in [4.78, 5) is 12.9. The number of carbonyl (C=O) groups is 1. The van der Waals surface area contributed by atoms with E-state index in [2.05, 4.69) is 10.6 Å². The van der Waals surface area contributed by atoms with E-state index in [1.165, 1.54) is 19.3 Å². The predicted octanol–water partition coefficient (Wildman–Crippen LogP) is -0.296. The van der Waals surface area contributed by atoms with Gasteiger partial charge in [0.1, 0.15) is 6.23 Å². The SMILES string of the molecule is NC1NC2OC3CCC(C4CCC4)NC3C(=O)C2CC1CO. The van der Waals surface area contributed by atoms with Gasteiger partial charge in [0.05, 0.1) is 24.2 Å². The van der Waals surface area contributed by atoms with Gasteiger partial charge in [-0.2, -0.15) is 0 Å². The molecule has 0 aromatic rings. The molecule has 0 aromatic heterocycles. The molecule has 4 rings (SSSR count). The number of aliphatic hydroxyl groups excluding tert-OH is 1. The third-order valence-corrected chi connectivity index (χ3v) is 6.26. The number of nitrogens with one attached hydrogen (secondary N) is 2. The van der Waals surface area contributed by atoms with Crippen molar-refractivity contribution in [3.05, 3.63) is 0 Å². The Kier molecular flexibility index (Phi) is 3.98. The lowest BCUT2D eigenvalue weighted by Crippen LogP contribution is -2.70. The van der Waals surface area contributed by atoms with E-state index in [-0.39, 0.29) is 48.8 Å². The minimum Gasteiger partial charge on any atom is -0.396 e. The second-order valence-corrected chi connectivity index (χ2v) is 7.49. The smallest absolute Gasteiger partial charge is 0.159 e. The number of ketones is 1. The minimum atomic E-state index is -0.296. The van der Waals surface area contributed by atoms with Crippen molar-refractivity contribution in [2.45, 2.75) is 69.1 Å². The number of piperidine rings is 2. The van der Waals surface area contributed by atoms with Gasteiger partial charge in [-0.3, -0.25) is 10.1 Å². The quantitative estimate of drug-likeness (QED) is 0.559.